The number of halogens is 3. The molecule has 0 atom stereocenters. The fourth-order valence-corrected chi connectivity index (χ4v) is 2.94. The molecule has 124 valence electrons. The molecular weight excluding hydrogens is 323 g/mol. The zero-order chi connectivity index (χ0) is 16.9. The van der Waals surface area contributed by atoms with Gasteiger partial charge in [0.15, 0.2) is 5.69 Å². The number of pyridine rings is 1. The number of hydrogen-bond acceptors (Lipinski definition) is 3. The first kappa shape index (κ1) is 14.7. The topological polar surface area (TPSA) is 66.3 Å². The van der Waals surface area contributed by atoms with Crippen LogP contribution in [0.15, 0.2) is 30.6 Å². The molecule has 0 aliphatic carbocycles. The lowest BCUT2D eigenvalue weighted by Crippen LogP contribution is -2.37. The highest BCUT2D eigenvalue weighted by molar-refractivity contribution is 5.95. The highest BCUT2D eigenvalue weighted by Crippen LogP contribution is 2.33. The Bertz CT molecular complexity index is 927. The number of H-pyrrole nitrogens is 1. The monoisotopic (exact) mass is 335 g/mol. The van der Waals surface area contributed by atoms with Crippen molar-refractivity contribution in [3.63, 3.8) is 0 Å². The maximum absolute atomic E-state index is 13.3. The molecule has 0 aromatic carbocycles. The Kier molecular flexibility index (Phi) is 3.12. The average Bonchev–Trinajstić information content (AvgIpc) is 3.17. The van der Waals surface area contributed by atoms with Crippen molar-refractivity contribution >= 4 is 11.6 Å². The van der Waals surface area contributed by atoms with Crippen molar-refractivity contribution in [3.8, 4) is 0 Å². The molecule has 4 heterocycles. The van der Waals surface area contributed by atoms with Crippen LogP contribution in [0, 0.1) is 0 Å². The van der Waals surface area contributed by atoms with E-state index in [2.05, 4.69) is 15.2 Å². The summed E-state index contributed by atoms with van der Waals surface area (Å²) < 4.78 is 41.2. The first-order valence-corrected chi connectivity index (χ1v) is 7.30. The molecule has 3 aromatic rings. The standard InChI is InChI=1S/C15H12F3N5O/c16-15(17,18)13-12(23-5-2-1-3-11(23)20-13)14(24)22-6-4-9-7-19-21-10(9)8-22/h1-3,5,7H,4,6,8H2,(H,19,21). The summed E-state index contributed by atoms with van der Waals surface area (Å²) in [7, 11) is 0. The number of carbonyl (C=O) groups is 1. The molecule has 1 N–H and O–H groups in total. The van der Waals surface area contributed by atoms with Gasteiger partial charge in [-0.15, -0.1) is 0 Å². The van der Waals surface area contributed by atoms with Crippen molar-refractivity contribution in [1.29, 1.82) is 0 Å². The first-order chi connectivity index (χ1) is 11.4. The molecule has 0 saturated carbocycles. The van der Waals surface area contributed by atoms with Gasteiger partial charge in [0, 0.05) is 12.7 Å². The van der Waals surface area contributed by atoms with Crippen molar-refractivity contribution in [2.24, 2.45) is 0 Å². The van der Waals surface area contributed by atoms with E-state index in [4.69, 9.17) is 0 Å². The van der Waals surface area contributed by atoms with Crippen LogP contribution in [0.3, 0.4) is 0 Å². The van der Waals surface area contributed by atoms with Gasteiger partial charge in [-0.05, 0) is 24.1 Å². The first-order valence-electron chi connectivity index (χ1n) is 7.30. The summed E-state index contributed by atoms with van der Waals surface area (Å²) in [4.78, 5) is 17.8. The zero-order valence-corrected chi connectivity index (χ0v) is 12.3. The maximum atomic E-state index is 13.3. The van der Waals surface area contributed by atoms with E-state index in [9.17, 15) is 18.0 Å². The number of carbonyl (C=O) groups excluding carboxylic acids is 1. The van der Waals surface area contributed by atoms with Crippen molar-refractivity contribution < 1.29 is 18.0 Å². The van der Waals surface area contributed by atoms with E-state index >= 15 is 0 Å². The molecule has 6 nitrogen and oxygen atoms in total. The van der Waals surface area contributed by atoms with E-state index < -0.39 is 23.5 Å². The van der Waals surface area contributed by atoms with Crippen LogP contribution >= 0.6 is 0 Å². The predicted molar refractivity (Wildman–Crippen MR) is 77.2 cm³/mol. The van der Waals surface area contributed by atoms with Gasteiger partial charge in [-0.1, -0.05) is 6.07 Å². The average molecular weight is 335 g/mol. The van der Waals surface area contributed by atoms with E-state index in [1.54, 1.807) is 18.3 Å². The SMILES string of the molecule is O=C(c1c(C(F)(F)F)nc2ccccn12)N1CCc2cn[nH]c2C1. The molecular formula is C15H12F3N5O. The Hall–Kier alpha value is -2.84. The molecule has 0 fully saturated rings. The molecule has 0 radical (unpaired) electrons. The molecule has 9 heteroatoms. The third kappa shape index (κ3) is 2.24. The van der Waals surface area contributed by atoms with Crippen molar-refractivity contribution in [1.82, 2.24) is 24.5 Å². The lowest BCUT2D eigenvalue weighted by molar-refractivity contribution is -0.141. The Balaban J connectivity index is 1.80. The normalized spacial score (nSPS) is 14.9. The fourth-order valence-electron chi connectivity index (χ4n) is 2.94. The Morgan fingerprint density at radius 2 is 2.12 bits per heavy atom. The Labute approximate surface area is 133 Å². The molecule has 3 aromatic heterocycles. The predicted octanol–water partition coefficient (Wildman–Crippen LogP) is 2.27. The number of rotatable bonds is 1. The minimum Gasteiger partial charge on any atom is -0.331 e. The number of nitrogens with zero attached hydrogens (tertiary/aromatic N) is 4. The molecule has 1 aliphatic rings. The summed E-state index contributed by atoms with van der Waals surface area (Å²) in [6.07, 6.45) is -1.06. The zero-order valence-electron chi connectivity index (χ0n) is 12.3. The quantitative estimate of drug-likeness (QED) is 0.742. The van der Waals surface area contributed by atoms with Crippen LogP contribution in [-0.2, 0) is 19.1 Å². The van der Waals surface area contributed by atoms with Gasteiger partial charge in [-0.3, -0.25) is 14.3 Å². The number of imidazole rings is 1. The van der Waals surface area contributed by atoms with Gasteiger partial charge in [-0.25, -0.2) is 4.98 Å². The molecule has 1 aliphatic heterocycles. The number of nitrogens with one attached hydrogen (secondary N) is 1. The van der Waals surface area contributed by atoms with E-state index in [1.165, 1.54) is 21.6 Å². The van der Waals surface area contributed by atoms with Crippen LogP contribution in [0.4, 0.5) is 13.2 Å². The van der Waals surface area contributed by atoms with Gasteiger partial charge < -0.3 is 4.90 Å². The molecule has 0 saturated heterocycles. The number of amides is 1. The number of alkyl halides is 3. The fraction of sp³-hybridized carbons (Fsp3) is 0.267. The molecule has 4 rings (SSSR count). The summed E-state index contributed by atoms with van der Waals surface area (Å²) in [5.41, 5.74) is 0.202. The summed E-state index contributed by atoms with van der Waals surface area (Å²) in [6, 6.07) is 4.58. The molecule has 24 heavy (non-hydrogen) atoms. The minimum absolute atomic E-state index is 0.0902. The number of fused-ring (bicyclic) bond motifs is 2. The highest BCUT2D eigenvalue weighted by atomic mass is 19.4. The van der Waals surface area contributed by atoms with Crippen LogP contribution in [0.5, 0.6) is 0 Å². The smallest absolute Gasteiger partial charge is 0.331 e. The van der Waals surface area contributed by atoms with Crippen LogP contribution in [0.1, 0.15) is 27.4 Å². The number of aromatic amines is 1. The van der Waals surface area contributed by atoms with Crippen LogP contribution in [0.2, 0.25) is 0 Å². The summed E-state index contributed by atoms with van der Waals surface area (Å²) in [5.74, 6) is -0.693. The molecule has 1 amide bonds. The highest BCUT2D eigenvalue weighted by Gasteiger charge is 2.41. The number of hydrogen-bond donors (Lipinski definition) is 1. The molecule has 0 unspecified atom stereocenters. The largest absolute Gasteiger partial charge is 0.435 e. The van der Waals surface area contributed by atoms with E-state index in [0.29, 0.717) is 13.0 Å². The van der Waals surface area contributed by atoms with E-state index in [-0.39, 0.29) is 12.2 Å². The second-order valence-corrected chi connectivity index (χ2v) is 5.59. The lowest BCUT2D eigenvalue weighted by Gasteiger charge is -2.26. The summed E-state index contributed by atoms with van der Waals surface area (Å²) >= 11 is 0. The Morgan fingerprint density at radius 3 is 2.92 bits per heavy atom. The van der Waals surface area contributed by atoms with Crippen molar-refractivity contribution in [2.45, 2.75) is 19.1 Å². The van der Waals surface area contributed by atoms with Gasteiger partial charge in [0.25, 0.3) is 5.91 Å². The van der Waals surface area contributed by atoms with E-state index in [0.717, 1.165) is 11.3 Å². The number of aromatic nitrogens is 4. The summed E-state index contributed by atoms with van der Waals surface area (Å²) in [6.45, 7) is 0.536. The van der Waals surface area contributed by atoms with Gasteiger partial charge in [0.05, 0.1) is 18.4 Å². The third-order valence-corrected chi connectivity index (χ3v) is 4.10. The maximum Gasteiger partial charge on any atom is 0.435 e. The van der Waals surface area contributed by atoms with Gasteiger partial charge in [-0.2, -0.15) is 18.3 Å². The molecule has 0 spiro atoms. The van der Waals surface area contributed by atoms with E-state index in [1.807, 2.05) is 0 Å². The second kappa shape index (κ2) is 5.08. The van der Waals surface area contributed by atoms with Gasteiger partial charge in [0.1, 0.15) is 11.3 Å². The summed E-state index contributed by atoms with van der Waals surface area (Å²) in [5, 5.41) is 6.69. The van der Waals surface area contributed by atoms with Crippen LogP contribution in [-0.4, -0.2) is 36.9 Å². The van der Waals surface area contributed by atoms with Crippen LogP contribution in [0.25, 0.3) is 5.65 Å². The van der Waals surface area contributed by atoms with Gasteiger partial charge >= 0.3 is 6.18 Å². The van der Waals surface area contributed by atoms with Crippen molar-refractivity contribution in [2.75, 3.05) is 6.54 Å². The van der Waals surface area contributed by atoms with Crippen molar-refractivity contribution in [3.05, 3.63) is 53.2 Å². The Morgan fingerprint density at radius 1 is 1.29 bits per heavy atom. The lowest BCUT2D eigenvalue weighted by atomic mass is 10.1. The van der Waals surface area contributed by atoms with Gasteiger partial charge in [0.2, 0.25) is 0 Å². The van der Waals surface area contributed by atoms with Crippen LogP contribution < -0.4 is 0 Å². The second-order valence-electron chi connectivity index (χ2n) is 5.59. The minimum atomic E-state index is -4.70. The molecule has 0 bridgehead atoms. The third-order valence-electron chi connectivity index (χ3n) is 4.10.